The van der Waals surface area contributed by atoms with Crippen molar-refractivity contribution in [3.8, 4) is 0 Å². The van der Waals surface area contributed by atoms with Gasteiger partial charge in [-0.25, -0.2) is 0 Å². The molecule has 19 nitrogen and oxygen atoms in total. The molecule has 3 aliphatic heterocycles. The van der Waals surface area contributed by atoms with Crippen LogP contribution >= 0.6 is 0 Å². The van der Waals surface area contributed by atoms with Crippen LogP contribution in [0.5, 0.6) is 0 Å². The Morgan fingerprint density at radius 1 is 0.353 bits per heavy atom. The van der Waals surface area contributed by atoms with Crippen molar-refractivity contribution >= 4 is 5.91 Å². The third kappa shape index (κ3) is 43.1. The van der Waals surface area contributed by atoms with Crippen molar-refractivity contribution in [3.05, 3.63) is 48.6 Å². The molecule has 102 heavy (non-hydrogen) atoms. The van der Waals surface area contributed by atoms with E-state index in [9.17, 15) is 61.0 Å². The van der Waals surface area contributed by atoms with Crippen molar-refractivity contribution in [3.63, 3.8) is 0 Å². The Morgan fingerprint density at radius 2 is 0.657 bits per heavy atom. The zero-order valence-corrected chi connectivity index (χ0v) is 64.1. The van der Waals surface area contributed by atoms with Gasteiger partial charge in [-0.15, -0.1) is 0 Å². The van der Waals surface area contributed by atoms with Crippen LogP contribution in [0.2, 0.25) is 0 Å². The lowest BCUT2D eigenvalue weighted by Gasteiger charge is -2.48. The molecule has 3 aliphatic rings. The average molecular weight is 1450 g/mol. The monoisotopic (exact) mass is 1450 g/mol. The summed E-state index contributed by atoms with van der Waals surface area (Å²) in [5.41, 5.74) is 0. The van der Waals surface area contributed by atoms with Gasteiger partial charge in [-0.05, 0) is 64.2 Å². The van der Waals surface area contributed by atoms with Crippen molar-refractivity contribution in [1.29, 1.82) is 0 Å². The fourth-order valence-corrected chi connectivity index (χ4v) is 14.1. The minimum Gasteiger partial charge on any atom is -0.394 e. The Balaban J connectivity index is 1.36. The number of hydrogen-bond acceptors (Lipinski definition) is 18. The molecule has 17 atom stereocenters. The summed E-state index contributed by atoms with van der Waals surface area (Å²) in [7, 11) is 0. The first-order valence-corrected chi connectivity index (χ1v) is 41.9. The quantitative estimate of drug-likeness (QED) is 0.0199. The van der Waals surface area contributed by atoms with E-state index in [4.69, 9.17) is 28.4 Å². The third-order valence-electron chi connectivity index (χ3n) is 20.8. The highest BCUT2D eigenvalue weighted by molar-refractivity contribution is 5.76. The van der Waals surface area contributed by atoms with Crippen LogP contribution in [0.15, 0.2) is 48.6 Å². The number of aliphatic hydroxyl groups excluding tert-OH is 11. The zero-order chi connectivity index (χ0) is 73.9. The molecule has 0 aromatic heterocycles. The Labute approximate surface area is 618 Å². The van der Waals surface area contributed by atoms with Crippen LogP contribution < -0.4 is 5.32 Å². The minimum atomic E-state index is -1.98. The van der Waals surface area contributed by atoms with Gasteiger partial charge in [0.05, 0.1) is 38.6 Å². The first kappa shape index (κ1) is 94.0. The summed E-state index contributed by atoms with van der Waals surface area (Å²) in [6, 6.07) is -0.991. The highest BCUT2D eigenvalue weighted by atomic mass is 16.8. The van der Waals surface area contributed by atoms with Crippen LogP contribution in [0.3, 0.4) is 0 Å². The highest BCUT2D eigenvalue weighted by Gasteiger charge is 2.54. The van der Waals surface area contributed by atoms with E-state index in [1.54, 1.807) is 6.08 Å². The van der Waals surface area contributed by atoms with E-state index in [2.05, 4.69) is 55.6 Å². The largest absolute Gasteiger partial charge is 0.394 e. The number of amides is 1. The molecule has 19 heteroatoms. The molecule has 3 saturated heterocycles. The van der Waals surface area contributed by atoms with E-state index in [0.29, 0.717) is 12.8 Å². The summed E-state index contributed by atoms with van der Waals surface area (Å²) in [6.45, 7) is 1.76. The summed E-state index contributed by atoms with van der Waals surface area (Å²) < 4.78 is 34.5. The van der Waals surface area contributed by atoms with E-state index in [1.165, 1.54) is 263 Å². The van der Waals surface area contributed by atoms with E-state index in [1.807, 2.05) is 6.08 Å². The second kappa shape index (κ2) is 63.7. The van der Waals surface area contributed by atoms with Crippen LogP contribution in [-0.2, 0) is 33.2 Å². The van der Waals surface area contributed by atoms with E-state index < -0.39 is 124 Å². The highest BCUT2D eigenvalue weighted by Crippen LogP contribution is 2.33. The van der Waals surface area contributed by atoms with Crippen LogP contribution in [-0.4, -0.2) is 193 Å². The van der Waals surface area contributed by atoms with Crippen molar-refractivity contribution in [2.24, 2.45) is 0 Å². The van der Waals surface area contributed by atoms with Crippen molar-refractivity contribution < 1.29 is 89.4 Å². The van der Waals surface area contributed by atoms with E-state index in [0.717, 1.165) is 44.9 Å². The van der Waals surface area contributed by atoms with Crippen LogP contribution in [0, 0.1) is 0 Å². The summed E-state index contributed by atoms with van der Waals surface area (Å²) in [5, 5.41) is 121. The number of allylic oxidation sites excluding steroid dienone is 7. The first-order chi connectivity index (χ1) is 49.8. The maximum atomic E-state index is 13.5. The topological polar surface area (TPSA) is 307 Å². The Kier molecular flexibility index (Phi) is 58.6. The lowest BCUT2D eigenvalue weighted by Crippen LogP contribution is -2.66. The summed E-state index contributed by atoms with van der Waals surface area (Å²) in [5.74, 6) is -0.279. The molecular formula is C83H153NO18. The molecule has 0 spiro atoms. The number of hydrogen-bond donors (Lipinski definition) is 12. The third-order valence-corrected chi connectivity index (χ3v) is 20.8. The number of unbranched alkanes of at least 4 members (excludes halogenated alkanes) is 45. The summed E-state index contributed by atoms with van der Waals surface area (Å²) in [6.07, 6.45) is 54.0. The predicted octanol–water partition coefficient (Wildman–Crippen LogP) is 14.5. The molecule has 17 unspecified atom stereocenters. The minimum absolute atomic E-state index is 0.238. The van der Waals surface area contributed by atoms with Crippen LogP contribution in [0.1, 0.15) is 341 Å². The van der Waals surface area contributed by atoms with E-state index >= 15 is 0 Å². The van der Waals surface area contributed by atoms with Gasteiger partial charge in [0.1, 0.15) is 73.2 Å². The van der Waals surface area contributed by atoms with Gasteiger partial charge < -0.3 is 89.9 Å². The molecule has 0 aromatic rings. The van der Waals surface area contributed by atoms with Crippen molar-refractivity contribution in [2.75, 3.05) is 26.4 Å². The van der Waals surface area contributed by atoms with Gasteiger partial charge >= 0.3 is 0 Å². The molecule has 0 bridgehead atoms. The number of ether oxygens (including phenoxy) is 6. The maximum absolute atomic E-state index is 13.5. The normalized spacial score (nSPS) is 26.4. The smallest absolute Gasteiger partial charge is 0.220 e. The number of nitrogens with one attached hydrogen (secondary N) is 1. The second-order valence-electron chi connectivity index (χ2n) is 29.9. The zero-order valence-electron chi connectivity index (χ0n) is 64.1. The predicted molar refractivity (Wildman–Crippen MR) is 406 cm³/mol. The Bertz CT molecular complexity index is 2030. The molecule has 3 rings (SSSR count). The number of rotatable bonds is 67. The van der Waals surface area contributed by atoms with E-state index in [-0.39, 0.29) is 18.9 Å². The van der Waals surface area contributed by atoms with Gasteiger partial charge in [0.15, 0.2) is 18.9 Å². The molecule has 3 heterocycles. The maximum Gasteiger partial charge on any atom is 0.220 e. The number of carbonyl (C=O) groups excluding carboxylic acids is 1. The Morgan fingerprint density at radius 3 is 1.04 bits per heavy atom. The standard InChI is InChI=1S/C83H153NO18/c1-3-5-7-9-11-13-15-17-19-21-23-25-27-29-30-31-32-33-34-35-36-37-39-41-43-45-47-49-51-53-55-57-59-61-71(89)84-66(67(88)60-58-56-54-52-50-48-46-44-42-40-38-28-26-24-22-20-18-16-14-12-10-8-6-4-2)65-97-81-77(95)74(92)79(69(63-86)99-81)102-83-78(96)75(93)80(70(64-87)100-83)101-82-76(94)73(91)72(90)68(62-85)98-82/h15,17,21,23,50,52,58,60,66-70,72-83,85-88,90-96H,3-14,16,18-20,22,24-49,51,53-57,59,61-65H2,1-2H3,(H,84,89)/b17-15-,23-21-,52-50+,60-58+. The van der Waals surface area contributed by atoms with Crippen molar-refractivity contribution in [1.82, 2.24) is 5.32 Å². The van der Waals surface area contributed by atoms with Gasteiger partial charge in [0.25, 0.3) is 0 Å². The second-order valence-corrected chi connectivity index (χ2v) is 29.9. The summed E-state index contributed by atoms with van der Waals surface area (Å²) in [4.78, 5) is 13.5. The number of aliphatic hydroxyl groups is 11. The van der Waals surface area contributed by atoms with Crippen LogP contribution in [0.25, 0.3) is 0 Å². The van der Waals surface area contributed by atoms with Gasteiger partial charge in [-0.3, -0.25) is 4.79 Å². The summed E-state index contributed by atoms with van der Waals surface area (Å²) >= 11 is 0. The molecule has 3 fully saturated rings. The molecule has 0 radical (unpaired) electrons. The van der Waals surface area contributed by atoms with Gasteiger partial charge in [0.2, 0.25) is 5.91 Å². The van der Waals surface area contributed by atoms with Gasteiger partial charge in [0, 0.05) is 6.42 Å². The van der Waals surface area contributed by atoms with Crippen molar-refractivity contribution in [2.45, 2.75) is 446 Å². The first-order valence-electron chi connectivity index (χ1n) is 41.9. The lowest BCUT2D eigenvalue weighted by atomic mass is 9.96. The molecular weight excluding hydrogens is 1300 g/mol. The number of carbonyl (C=O) groups is 1. The molecule has 1 amide bonds. The fraction of sp³-hybridized carbons (Fsp3) is 0.892. The van der Waals surface area contributed by atoms with Gasteiger partial charge in [-0.2, -0.15) is 0 Å². The molecule has 0 aliphatic carbocycles. The van der Waals surface area contributed by atoms with Gasteiger partial charge in [-0.1, -0.05) is 319 Å². The molecule has 598 valence electrons. The molecule has 0 aromatic carbocycles. The molecule has 12 N–H and O–H groups in total. The fourth-order valence-electron chi connectivity index (χ4n) is 14.1. The van der Waals surface area contributed by atoms with Crippen LogP contribution in [0.4, 0.5) is 0 Å². The Hall–Kier alpha value is -2.25. The molecule has 0 saturated carbocycles. The average Bonchev–Trinajstić information content (AvgIpc) is 0.781. The lowest BCUT2D eigenvalue weighted by molar-refractivity contribution is -0.379. The SMILES string of the molecule is CCCCCCC/C=C\C/C=C\CCCCCCCCCCCCCCCCCCCCCCCC(=O)NC(COC1OC(CO)C(OC2OC(CO)C(OC3OC(CO)C(O)C(O)C3O)C(O)C2O)C(O)C1O)C(O)/C=C/CC/C=C/CCCCCCCCCCCCCCCCCCCC.